The van der Waals surface area contributed by atoms with Gasteiger partial charge in [0.2, 0.25) is 0 Å². The fourth-order valence-corrected chi connectivity index (χ4v) is 2.91. The van der Waals surface area contributed by atoms with E-state index < -0.39 is 37.3 Å². The Labute approximate surface area is 152 Å². The van der Waals surface area contributed by atoms with Gasteiger partial charge in [0.05, 0.1) is 19.8 Å². The highest BCUT2D eigenvalue weighted by Gasteiger charge is 2.45. The Morgan fingerprint density at radius 2 is 1.31 bits per heavy atom. The van der Waals surface area contributed by atoms with Gasteiger partial charge in [-0.3, -0.25) is 0 Å². The second-order valence-corrected chi connectivity index (χ2v) is 6.26. The van der Waals surface area contributed by atoms with E-state index in [9.17, 15) is 15.3 Å². The van der Waals surface area contributed by atoms with Crippen LogP contribution in [0.4, 0.5) is 0 Å². The maximum absolute atomic E-state index is 10.6. The summed E-state index contributed by atoms with van der Waals surface area (Å²) < 4.78 is 16.9. The standard InChI is InChI=1S/C20H24O6/c21-11-16-17(22)19(24-12-14-7-3-1-4-8-14)18(23)20(26-16)25-13-15-9-5-2-6-10-15/h1-10,16-23H,11-13H2/t16-,17-,18+,19+,20+/m1/s1. The Morgan fingerprint density at radius 1 is 0.769 bits per heavy atom. The van der Waals surface area contributed by atoms with Crippen molar-refractivity contribution in [1.29, 1.82) is 0 Å². The van der Waals surface area contributed by atoms with Crippen molar-refractivity contribution in [3.63, 3.8) is 0 Å². The topological polar surface area (TPSA) is 88.4 Å². The first-order valence-electron chi connectivity index (χ1n) is 8.62. The molecule has 6 heteroatoms. The molecule has 0 radical (unpaired) electrons. The molecule has 0 bridgehead atoms. The number of hydrogen-bond acceptors (Lipinski definition) is 6. The van der Waals surface area contributed by atoms with Crippen LogP contribution in [0.15, 0.2) is 60.7 Å². The predicted octanol–water partition coefficient (Wildman–Crippen LogP) is 1.23. The average molecular weight is 360 g/mol. The summed E-state index contributed by atoms with van der Waals surface area (Å²) in [6.07, 6.45) is -5.16. The van der Waals surface area contributed by atoms with Crippen LogP contribution >= 0.6 is 0 Å². The molecule has 1 aliphatic heterocycles. The Kier molecular flexibility index (Phi) is 6.73. The van der Waals surface area contributed by atoms with E-state index in [0.717, 1.165) is 11.1 Å². The molecule has 2 aromatic carbocycles. The third-order valence-corrected chi connectivity index (χ3v) is 4.36. The number of rotatable bonds is 7. The Balaban J connectivity index is 1.64. The third kappa shape index (κ3) is 4.67. The molecule has 1 aliphatic rings. The molecule has 140 valence electrons. The second-order valence-electron chi connectivity index (χ2n) is 6.26. The van der Waals surface area contributed by atoms with Gasteiger partial charge in [-0.15, -0.1) is 0 Å². The summed E-state index contributed by atoms with van der Waals surface area (Å²) in [6.45, 7) is 0.0652. The van der Waals surface area contributed by atoms with Crippen molar-refractivity contribution >= 4 is 0 Å². The highest BCUT2D eigenvalue weighted by molar-refractivity contribution is 5.14. The molecule has 5 atom stereocenters. The van der Waals surface area contributed by atoms with Gasteiger partial charge >= 0.3 is 0 Å². The SMILES string of the molecule is OC[C@H]1O[C@H](OCc2ccccc2)[C@@H](O)[C@@H](OCc2ccccc2)[C@@H]1O. The van der Waals surface area contributed by atoms with E-state index in [1.807, 2.05) is 60.7 Å². The van der Waals surface area contributed by atoms with Crippen molar-refractivity contribution in [2.24, 2.45) is 0 Å². The quantitative estimate of drug-likeness (QED) is 0.688. The van der Waals surface area contributed by atoms with Crippen molar-refractivity contribution in [1.82, 2.24) is 0 Å². The van der Waals surface area contributed by atoms with Gasteiger partial charge in [0.1, 0.15) is 24.4 Å². The lowest BCUT2D eigenvalue weighted by Gasteiger charge is -2.41. The largest absolute Gasteiger partial charge is 0.394 e. The van der Waals surface area contributed by atoms with E-state index in [2.05, 4.69) is 0 Å². The average Bonchev–Trinajstić information content (AvgIpc) is 2.69. The molecule has 0 amide bonds. The van der Waals surface area contributed by atoms with E-state index in [-0.39, 0.29) is 13.2 Å². The van der Waals surface area contributed by atoms with E-state index in [0.29, 0.717) is 0 Å². The smallest absolute Gasteiger partial charge is 0.187 e. The maximum atomic E-state index is 10.6. The number of hydrogen-bond donors (Lipinski definition) is 3. The molecule has 2 aromatic rings. The zero-order chi connectivity index (χ0) is 18.4. The Bertz CT molecular complexity index is 650. The molecule has 1 fully saturated rings. The maximum Gasteiger partial charge on any atom is 0.187 e. The summed E-state index contributed by atoms with van der Waals surface area (Å²) in [4.78, 5) is 0. The minimum absolute atomic E-state index is 0.225. The van der Waals surface area contributed by atoms with Crippen LogP contribution < -0.4 is 0 Å². The molecule has 0 saturated carbocycles. The van der Waals surface area contributed by atoms with Crippen LogP contribution in [0, 0.1) is 0 Å². The first-order valence-corrected chi connectivity index (χ1v) is 8.62. The lowest BCUT2D eigenvalue weighted by Crippen LogP contribution is -2.60. The molecule has 3 rings (SSSR count). The summed E-state index contributed by atoms with van der Waals surface area (Å²) in [6, 6.07) is 18.9. The summed E-state index contributed by atoms with van der Waals surface area (Å²) in [5.74, 6) is 0. The molecule has 6 nitrogen and oxygen atoms in total. The molecule has 1 heterocycles. The van der Waals surface area contributed by atoms with Crippen LogP contribution in [0.3, 0.4) is 0 Å². The minimum atomic E-state index is -1.18. The lowest BCUT2D eigenvalue weighted by molar-refractivity contribution is -0.312. The molecule has 0 spiro atoms. The number of aliphatic hydroxyl groups excluding tert-OH is 3. The Morgan fingerprint density at radius 3 is 1.85 bits per heavy atom. The first kappa shape index (κ1) is 19.0. The fraction of sp³-hybridized carbons (Fsp3) is 0.400. The lowest BCUT2D eigenvalue weighted by atomic mass is 9.99. The highest BCUT2D eigenvalue weighted by Crippen LogP contribution is 2.26. The molecule has 1 saturated heterocycles. The molecule has 0 aromatic heterocycles. The zero-order valence-electron chi connectivity index (χ0n) is 14.3. The summed E-state index contributed by atoms with van der Waals surface area (Å²) in [7, 11) is 0. The van der Waals surface area contributed by atoms with Crippen LogP contribution in [0.5, 0.6) is 0 Å². The van der Waals surface area contributed by atoms with E-state index in [1.165, 1.54) is 0 Å². The van der Waals surface area contributed by atoms with Gasteiger partial charge < -0.3 is 29.5 Å². The van der Waals surface area contributed by atoms with Gasteiger partial charge in [-0.1, -0.05) is 60.7 Å². The van der Waals surface area contributed by atoms with Crippen LogP contribution in [-0.2, 0) is 27.4 Å². The zero-order valence-corrected chi connectivity index (χ0v) is 14.3. The van der Waals surface area contributed by atoms with E-state index in [4.69, 9.17) is 14.2 Å². The van der Waals surface area contributed by atoms with E-state index in [1.54, 1.807) is 0 Å². The van der Waals surface area contributed by atoms with Gasteiger partial charge in [-0.25, -0.2) is 0 Å². The first-order chi connectivity index (χ1) is 12.7. The van der Waals surface area contributed by atoms with E-state index >= 15 is 0 Å². The van der Waals surface area contributed by atoms with Crippen molar-refractivity contribution in [2.45, 2.75) is 43.9 Å². The molecular formula is C20H24O6. The molecule has 26 heavy (non-hydrogen) atoms. The van der Waals surface area contributed by atoms with Crippen molar-refractivity contribution in [3.05, 3.63) is 71.8 Å². The summed E-state index contributed by atoms with van der Waals surface area (Å²) in [5, 5.41) is 30.4. The number of ether oxygens (including phenoxy) is 3. The van der Waals surface area contributed by atoms with Gasteiger partial charge in [-0.05, 0) is 11.1 Å². The monoisotopic (exact) mass is 360 g/mol. The molecular weight excluding hydrogens is 336 g/mol. The van der Waals surface area contributed by atoms with Gasteiger partial charge in [0.15, 0.2) is 6.29 Å². The second kappa shape index (κ2) is 9.23. The normalized spacial score (nSPS) is 28.8. The molecule has 0 unspecified atom stereocenters. The van der Waals surface area contributed by atoms with Gasteiger partial charge in [0, 0.05) is 0 Å². The fourth-order valence-electron chi connectivity index (χ4n) is 2.91. The number of aliphatic hydroxyl groups is 3. The third-order valence-electron chi connectivity index (χ3n) is 4.36. The minimum Gasteiger partial charge on any atom is -0.394 e. The van der Waals surface area contributed by atoms with Crippen LogP contribution in [0.25, 0.3) is 0 Å². The van der Waals surface area contributed by atoms with Gasteiger partial charge in [0.25, 0.3) is 0 Å². The van der Waals surface area contributed by atoms with Crippen molar-refractivity contribution in [3.8, 4) is 0 Å². The van der Waals surface area contributed by atoms with Crippen LogP contribution in [-0.4, -0.2) is 52.6 Å². The number of benzene rings is 2. The van der Waals surface area contributed by atoms with Crippen molar-refractivity contribution in [2.75, 3.05) is 6.61 Å². The molecule has 0 aliphatic carbocycles. The van der Waals surface area contributed by atoms with Gasteiger partial charge in [-0.2, -0.15) is 0 Å². The summed E-state index contributed by atoms with van der Waals surface area (Å²) in [5.41, 5.74) is 1.84. The highest BCUT2D eigenvalue weighted by atomic mass is 16.7. The van der Waals surface area contributed by atoms with Crippen LogP contribution in [0.2, 0.25) is 0 Å². The van der Waals surface area contributed by atoms with Crippen molar-refractivity contribution < 1.29 is 29.5 Å². The summed E-state index contributed by atoms with van der Waals surface area (Å²) >= 11 is 0. The van der Waals surface area contributed by atoms with Crippen LogP contribution in [0.1, 0.15) is 11.1 Å². The molecule has 3 N–H and O–H groups in total. The predicted molar refractivity (Wildman–Crippen MR) is 94.0 cm³/mol. The Hall–Kier alpha value is -1.80.